The SMILES string of the molecule is COc1cc2c3c(n(C4COC4)c(=O)c2cc1OC)-c1cc2c(cc1C3=O)OCO2. The zero-order valence-corrected chi connectivity index (χ0v) is 16.3. The van der Waals surface area contributed by atoms with Gasteiger partial charge in [0.15, 0.2) is 28.8 Å². The smallest absolute Gasteiger partial charge is 0.259 e. The van der Waals surface area contributed by atoms with Crippen molar-refractivity contribution in [1.29, 1.82) is 0 Å². The van der Waals surface area contributed by atoms with Crippen LogP contribution in [0.15, 0.2) is 29.1 Å². The lowest BCUT2D eigenvalue weighted by molar-refractivity contribution is -0.0238. The maximum Gasteiger partial charge on any atom is 0.259 e. The van der Waals surface area contributed by atoms with E-state index in [2.05, 4.69) is 0 Å². The van der Waals surface area contributed by atoms with E-state index in [1.807, 2.05) is 0 Å². The Hall–Kier alpha value is -3.52. The zero-order valence-electron chi connectivity index (χ0n) is 16.3. The van der Waals surface area contributed by atoms with Gasteiger partial charge in [-0.25, -0.2) is 0 Å². The molecule has 0 atom stereocenters. The summed E-state index contributed by atoms with van der Waals surface area (Å²) in [6.07, 6.45) is 0. The van der Waals surface area contributed by atoms with Crippen LogP contribution in [0.4, 0.5) is 0 Å². The quantitative estimate of drug-likeness (QED) is 0.516. The second-order valence-electron chi connectivity index (χ2n) is 7.42. The van der Waals surface area contributed by atoms with E-state index < -0.39 is 0 Å². The lowest BCUT2D eigenvalue weighted by Crippen LogP contribution is -2.38. The number of fused-ring (bicyclic) bond motifs is 6. The first kappa shape index (κ1) is 17.3. The van der Waals surface area contributed by atoms with Gasteiger partial charge >= 0.3 is 0 Å². The number of rotatable bonds is 3. The van der Waals surface area contributed by atoms with E-state index in [9.17, 15) is 9.59 Å². The number of ketones is 1. The fraction of sp³-hybridized carbons (Fsp3) is 0.273. The average Bonchev–Trinajstić information content (AvgIpc) is 3.29. The molecule has 8 nitrogen and oxygen atoms in total. The second-order valence-corrected chi connectivity index (χ2v) is 7.42. The van der Waals surface area contributed by atoms with E-state index in [1.165, 1.54) is 14.2 Å². The number of carbonyl (C=O) groups is 1. The van der Waals surface area contributed by atoms with Crippen molar-refractivity contribution in [3.05, 3.63) is 45.7 Å². The number of benzene rings is 2. The van der Waals surface area contributed by atoms with Gasteiger partial charge in [0.1, 0.15) is 0 Å². The molecule has 8 heteroatoms. The molecule has 0 radical (unpaired) electrons. The minimum Gasteiger partial charge on any atom is -0.493 e. The zero-order chi connectivity index (χ0) is 20.6. The third-order valence-electron chi connectivity index (χ3n) is 5.95. The molecule has 152 valence electrons. The molecule has 2 aromatic carbocycles. The summed E-state index contributed by atoms with van der Waals surface area (Å²) in [5, 5.41) is 0.937. The standard InChI is InChI=1S/C22H17NO7/c1-26-15-3-11-14(6-16(15)27-2)22(25)23(10-7-28-8-10)20-12-4-17-18(30-9-29-17)5-13(12)21(24)19(11)20/h3-6,10H,7-9H2,1-2H3. The number of pyridine rings is 1. The van der Waals surface area contributed by atoms with E-state index in [0.717, 1.165) is 0 Å². The fourth-order valence-electron chi connectivity index (χ4n) is 4.42. The summed E-state index contributed by atoms with van der Waals surface area (Å²) in [6, 6.07) is 6.66. The first-order valence-corrected chi connectivity index (χ1v) is 9.53. The molecule has 3 heterocycles. The Balaban J connectivity index is 1.76. The van der Waals surface area contributed by atoms with Gasteiger partial charge in [0.2, 0.25) is 6.79 Å². The Labute approximate surface area is 170 Å². The Kier molecular flexibility index (Phi) is 3.47. The fourth-order valence-corrected chi connectivity index (χ4v) is 4.42. The highest BCUT2D eigenvalue weighted by molar-refractivity contribution is 6.27. The number of hydrogen-bond donors (Lipinski definition) is 0. The summed E-state index contributed by atoms with van der Waals surface area (Å²) < 4.78 is 28.8. The van der Waals surface area contributed by atoms with Crippen molar-refractivity contribution in [2.75, 3.05) is 34.2 Å². The van der Waals surface area contributed by atoms with Crippen LogP contribution in [0.1, 0.15) is 22.0 Å². The monoisotopic (exact) mass is 407 g/mol. The van der Waals surface area contributed by atoms with Crippen molar-refractivity contribution in [3.63, 3.8) is 0 Å². The predicted octanol–water partition coefficient (Wildman–Crippen LogP) is 2.53. The molecular weight excluding hydrogens is 390 g/mol. The van der Waals surface area contributed by atoms with Crippen LogP contribution in [-0.4, -0.2) is 44.6 Å². The molecule has 1 fully saturated rings. The molecular formula is C22H17NO7. The van der Waals surface area contributed by atoms with Crippen LogP contribution in [0.3, 0.4) is 0 Å². The molecule has 30 heavy (non-hydrogen) atoms. The molecule has 0 amide bonds. The normalized spacial score (nSPS) is 16.4. The van der Waals surface area contributed by atoms with E-state index in [1.54, 1.807) is 28.8 Å². The van der Waals surface area contributed by atoms with Crippen LogP contribution in [0.2, 0.25) is 0 Å². The van der Waals surface area contributed by atoms with E-state index in [-0.39, 0.29) is 24.2 Å². The first-order valence-electron chi connectivity index (χ1n) is 9.53. The number of aromatic nitrogens is 1. The van der Waals surface area contributed by atoms with Crippen molar-refractivity contribution in [2.45, 2.75) is 6.04 Å². The predicted molar refractivity (Wildman–Crippen MR) is 106 cm³/mol. The first-order chi connectivity index (χ1) is 14.6. The Morgan fingerprint density at radius 2 is 1.53 bits per heavy atom. The third-order valence-corrected chi connectivity index (χ3v) is 5.95. The largest absolute Gasteiger partial charge is 0.493 e. The molecule has 1 aliphatic carbocycles. The van der Waals surface area contributed by atoms with Gasteiger partial charge in [-0.3, -0.25) is 14.2 Å². The van der Waals surface area contributed by atoms with E-state index >= 15 is 0 Å². The molecule has 1 aromatic heterocycles. The highest BCUT2D eigenvalue weighted by atomic mass is 16.7. The van der Waals surface area contributed by atoms with Crippen molar-refractivity contribution in [3.8, 4) is 34.3 Å². The van der Waals surface area contributed by atoms with Crippen LogP contribution in [0.5, 0.6) is 23.0 Å². The molecule has 0 spiro atoms. The van der Waals surface area contributed by atoms with Crippen LogP contribution in [0.25, 0.3) is 22.0 Å². The van der Waals surface area contributed by atoms with Crippen molar-refractivity contribution >= 4 is 16.6 Å². The molecule has 0 saturated carbocycles. The minimum absolute atomic E-state index is 0.108. The maximum atomic E-state index is 13.6. The van der Waals surface area contributed by atoms with Crippen molar-refractivity contribution in [2.24, 2.45) is 0 Å². The van der Waals surface area contributed by atoms with Crippen LogP contribution >= 0.6 is 0 Å². The molecule has 0 bridgehead atoms. The summed E-state index contributed by atoms with van der Waals surface area (Å²) >= 11 is 0. The minimum atomic E-state index is -0.198. The summed E-state index contributed by atoms with van der Waals surface area (Å²) in [4.78, 5) is 27.1. The summed E-state index contributed by atoms with van der Waals surface area (Å²) in [7, 11) is 3.03. The number of hydrogen-bond acceptors (Lipinski definition) is 7. The second kappa shape index (κ2) is 5.99. The third kappa shape index (κ3) is 2.08. The Morgan fingerprint density at radius 1 is 0.900 bits per heavy atom. The van der Waals surface area contributed by atoms with Gasteiger partial charge in [0.25, 0.3) is 5.56 Å². The van der Waals surface area contributed by atoms with Gasteiger partial charge in [-0.05, 0) is 24.3 Å². The van der Waals surface area contributed by atoms with E-state index in [0.29, 0.717) is 69.4 Å². The topological polar surface area (TPSA) is 85.2 Å². The van der Waals surface area contributed by atoms with Crippen molar-refractivity contribution < 1.29 is 28.5 Å². The lowest BCUT2D eigenvalue weighted by Gasteiger charge is -2.30. The molecule has 3 aliphatic rings. The van der Waals surface area contributed by atoms with Gasteiger partial charge in [0, 0.05) is 16.5 Å². The van der Waals surface area contributed by atoms with Gasteiger partial charge < -0.3 is 23.7 Å². The average molecular weight is 407 g/mol. The highest BCUT2D eigenvalue weighted by Gasteiger charge is 2.38. The van der Waals surface area contributed by atoms with Crippen molar-refractivity contribution in [1.82, 2.24) is 4.57 Å². The molecule has 3 aromatic rings. The van der Waals surface area contributed by atoms with Crippen LogP contribution in [-0.2, 0) is 4.74 Å². The number of methoxy groups -OCH3 is 2. The number of carbonyl (C=O) groups excluding carboxylic acids is 1. The molecule has 0 N–H and O–H groups in total. The van der Waals surface area contributed by atoms with Gasteiger partial charge in [-0.15, -0.1) is 0 Å². The number of nitrogens with zero attached hydrogens (tertiary/aromatic N) is 1. The maximum absolute atomic E-state index is 13.6. The molecule has 1 saturated heterocycles. The van der Waals surface area contributed by atoms with Gasteiger partial charge in [-0.2, -0.15) is 0 Å². The summed E-state index contributed by atoms with van der Waals surface area (Å²) in [6.45, 7) is 0.940. The molecule has 0 unspecified atom stereocenters. The molecule has 6 rings (SSSR count). The van der Waals surface area contributed by atoms with Crippen LogP contribution < -0.4 is 24.5 Å². The van der Waals surface area contributed by atoms with Gasteiger partial charge in [-0.1, -0.05) is 0 Å². The highest BCUT2D eigenvalue weighted by Crippen LogP contribution is 2.47. The Bertz CT molecular complexity index is 1320. The van der Waals surface area contributed by atoms with Crippen LogP contribution in [0, 0.1) is 0 Å². The van der Waals surface area contributed by atoms with Gasteiger partial charge in [0.05, 0.1) is 50.1 Å². The summed E-state index contributed by atoms with van der Waals surface area (Å²) in [5.41, 5.74) is 2.02. The van der Waals surface area contributed by atoms with E-state index in [4.69, 9.17) is 23.7 Å². The lowest BCUT2D eigenvalue weighted by atomic mass is 10.0. The summed E-state index contributed by atoms with van der Waals surface area (Å²) in [5.74, 6) is 1.81. The number of ether oxygens (including phenoxy) is 5. The Morgan fingerprint density at radius 3 is 2.13 bits per heavy atom. The molecule has 2 aliphatic heterocycles.